The van der Waals surface area contributed by atoms with Gasteiger partial charge in [0.25, 0.3) is 0 Å². The van der Waals surface area contributed by atoms with Gasteiger partial charge in [-0.3, -0.25) is 9.69 Å². The van der Waals surface area contributed by atoms with Crippen molar-refractivity contribution in [1.29, 1.82) is 0 Å². The fraction of sp³-hybridized carbons (Fsp3) is 0.200. The van der Waals surface area contributed by atoms with Crippen molar-refractivity contribution < 1.29 is 14.3 Å². The van der Waals surface area contributed by atoms with E-state index in [0.717, 1.165) is 21.7 Å². The Morgan fingerprint density at radius 2 is 1.76 bits per heavy atom. The lowest BCUT2D eigenvalue weighted by molar-refractivity contribution is -0.153. The number of rotatable bonds is 6. The number of aryl methyl sites for hydroxylation is 1. The number of thioether (sulfide) groups is 1. The largest absolute Gasteiger partial charge is 0.448 e. The number of nitrogens with two attached hydrogens (primary N) is 1. The molecule has 2 N–H and O–H groups in total. The minimum absolute atomic E-state index is 0.240. The predicted octanol–water partition coefficient (Wildman–Crippen LogP) is 3.69. The van der Waals surface area contributed by atoms with Crippen LogP contribution >= 0.6 is 23.3 Å². The van der Waals surface area contributed by atoms with Crippen LogP contribution in [-0.2, 0) is 14.3 Å². The lowest BCUT2D eigenvalue weighted by atomic mass is 10.0. The van der Waals surface area contributed by atoms with Gasteiger partial charge in [0.15, 0.2) is 6.10 Å². The second kappa shape index (κ2) is 9.54. The maximum Gasteiger partial charge on any atom is 0.356 e. The quantitative estimate of drug-likeness (QED) is 0.416. The average molecular weight is 491 g/mol. The molecule has 2 aliphatic heterocycles. The maximum atomic E-state index is 13.7. The van der Waals surface area contributed by atoms with Crippen LogP contribution in [0.4, 0.5) is 0 Å². The van der Waals surface area contributed by atoms with Crippen LogP contribution < -0.4 is 5.73 Å². The molecule has 0 saturated carbocycles. The van der Waals surface area contributed by atoms with Gasteiger partial charge in [0.05, 0.1) is 0 Å². The lowest BCUT2D eigenvalue weighted by Gasteiger charge is -2.48. The smallest absolute Gasteiger partial charge is 0.356 e. The number of benzene rings is 2. The molecule has 3 heterocycles. The molecular formula is C25H22N4O3S2. The summed E-state index contributed by atoms with van der Waals surface area (Å²) < 4.78 is 10.0. The topological polar surface area (TPSA) is 98.4 Å². The van der Waals surface area contributed by atoms with Gasteiger partial charge in [-0.15, -0.1) is 16.9 Å². The number of fused-ring (bicyclic) bond motifs is 1. The second-order valence-corrected chi connectivity index (χ2v) is 10.0. The van der Waals surface area contributed by atoms with Crippen molar-refractivity contribution in [1.82, 2.24) is 14.5 Å². The maximum absolute atomic E-state index is 13.7. The Bertz CT molecular complexity index is 1230. The number of allylic oxidation sites excluding steroid dienone is 1. The SMILES string of the molecule is Cc1snnc1/C=C\C1=C(C(=O)OC(c2ccccc2)c2ccccc2)N2C(=O)C(N)[C@H]2SC1. The van der Waals surface area contributed by atoms with Crippen molar-refractivity contribution in [2.75, 3.05) is 5.75 Å². The van der Waals surface area contributed by atoms with Gasteiger partial charge in [0.1, 0.15) is 22.8 Å². The summed E-state index contributed by atoms with van der Waals surface area (Å²) in [5, 5.41) is 3.83. The Morgan fingerprint density at radius 3 is 2.35 bits per heavy atom. The average Bonchev–Trinajstić information content (AvgIpc) is 3.30. The minimum Gasteiger partial charge on any atom is -0.448 e. The van der Waals surface area contributed by atoms with E-state index in [-0.39, 0.29) is 17.0 Å². The summed E-state index contributed by atoms with van der Waals surface area (Å²) >= 11 is 2.85. The molecule has 2 atom stereocenters. The predicted molar refractivity (Wildman–Crippen MR) is 133 cm³/mol. The molecule has 3 aromatic rings. The third kappa shape index (κ3) is 4.18. The van der Waals surface area contributed by atoms with Crippen LogP contribution in [0.15, 0.2) is 78.0 Å². The van der Waals surface area contributed by atoms with E-state index in [1.165, 1.54) is 28.2 Å². The lowest BCUT2D eigenvalue weighted by Crippen LogP contribution is -2.68. The summed E-state index contributed by atoms with van der Waals surface area (Å²) in [6, 6.07) is 18.5. The number of aromatic nitrogens is 2. The van der Waals surface area contributed by atoms with E-state index >= 15 is 0 Å². The zero-order valence-corrected chi connectivity index (χ0v) is 20.0. The van der Waals surface area contributed by atoms with Crippen molar-refractivity contribution in [3.63, 3.8) is 0 Å². The molecule has 0 radical (unpaired) electrons. The van der Waals surface area contributed by atoms with Crippen LogP contribution in [0, 0.1) is 6.92 Å². The van der Waals surface area contributed by atoms with E-state index in [1.807, 2.05) is 79.7 Å². The van der Waals surface area contributed by atoms with Gasteiger partial charge in [0, 0.05) is 10.6 Å². The summed E-state index contributed by atoms with van der Waals surface area (Å²) in [5.74, 6) is -0.310. The molecule has 7 nitrogen and oxygen atoms in total. The van der Waals surface area contributed by atoms with Crippen LogP contribution in [0.25, 0.3) is 6.08 Å². The number of hydrogen-bond donors (Lipinski definition) is 1. The van der Waals surface area contributed by atoms with Gasteiger partial charge in [-0.2, -0.15) is 0 Å². The number of hydrogen-bond acceptors (Lipinski definition) is 8. The molecule has 2 aromatic carbocycles. The van der Waals surface area contributed by atoms with Crippen LogP contribution in [0.3, 0.4) is 0 Å². The molecule has 0 spiro atoms. The van der Waals surface area contributed by atoms with E-state index in [1.54, 1.807) is 0 Å². The third-order valence-corrected chi connectivity index (χ3v) is 7.76. The fourth-order valence-corrected chi connectivity index (χ4v) is 5.70. The monoisotopic (exact) mass is 490 g/mol. The first-order valence-electron chi connectivity index (χ1n) is 10.8. The standard InChI is InChI=1S/C25H22N4O3S2/c1-15-19(27-28-34-15)13-12-18-14-33-24-20(26)23(30)29(24)21(18)25(31)32-22(16-8-4-2-5-9-16)17-10-6-3-7-11-17/h2-13,20,22,24H,14,26H2,1H3/b13-12-/t20?,24-/m1/s1. The molecule has 1 aromatic heterocycles. The first-order chi connectivity index (χ1) is 16.5. The van der Waals surface area contributed by atoms with Gasteiger partial charge in [-0.1, -0.05) is 71.2 Å². The summed E-state index contributed by atoms with van der Waals surface area (Å²) in [6.45, 7) is 1.93. The molecule has 1 saturated heterocycles. The van der Waals surface area contributed by atoms with Crippen molar-refractivity contribution >= 4 is 41.2 Å². The third-order valence-electron chi connectivity index (χ3n) is 5.79. The number of nitrogens with zero attached hydrogens (tertiary/aromatic N) is 3. The van der Waals surface area contributed by atoms with E-state index in [0.29, 0.717) is 11.3 Å². The highest BCUT2D eigenvalue weighted by atomic mass is 32.2. The summed E-state index contributed by atoms with van der Waals surface area (Å²) in [5.41, 5.74) is 9.37. The Labute approximate surface area is 205 Å². The highest BCUT2D eigenvalue weighted by molar-refractivity contribution is 8.00. The van der Waals surface area contributed by atoms with Crippen LogP contribution in [-0.4, -0.2) is 43.5 Å². The Morgan fingerprint density at radius 1 is 1.12 bits per heavy atom. The number of β-lactam (4-membered cyclic amide) rings is 1. The summed E-state index contributed by atoms with van der Waals surface area (Å²) in [4.78, 5) is 28.8. The first kappa shape index (κ1) is 22.5. The molecule has 1 fully saturated rings. The second-order valence-electron chi connectivity index (χ2n) is 7.96. The van der Waals surface area contributed by atoms with Gasteiger partial charge >= 0.3 is 5.97 Å². The molecule has 0 bridgehead atoms. The highest BCUT2D eigenvalue weighted by Gasteiger charge is 2.52. The van der Waals surface area contributed by atoms with Crippen molar-refractivity contribution in [2.24, 2.45) is 5.73 Å². The van der Waals surface area contributed by atoms with Gasteiger partial charge in [0.2, 0.25) is 5.91 Å². The van der Waals surface area contributed by atoms with Crippen LogP contribution in [0.1, 0.15) is 27.8 Å². The zero-order chi connectivity index (χ0) is 23.7. The number of amides is 1. The normalized spacial score (nSPS) is 20.0. The number of ether oxygens (including phenoxy) is 1. The van der Waals surface area contributed by atoms with E-state index in [4.69, 9.17) is 10.5 Å². The molecule has 5 rings (SSSR count). The molecule has 1 amide bonds. The number of esters is 1. The first-order valence-corrected chi connectivity index (χ1v) is 12.6. The highest BCUT2D eigenvalue weighted by Crippen LogP contribution is 2.41. The van der Waals surface area contributed by atoms with Gasteiger partial charge in [-0.25, -0.2) is 4.79 Å². The van der Waals surface area contributed by atoms with Crippen molar-refractivity contribution in [3.8, 4) is 0 Å². The molecule has 172 valence electrons. The van der Waals surface area contributed by atoms with E-state index in [2.05, 4.69) is 9.59 Å². The molecule has 0 aliphatic carbocycles. The molecule has 34 heavy (non-hydrogen) atoms. The molecule has 9 heteroatoms. The number of carbonyl (C=O) groups excluding carboxylic acids is 2. The summed E-state index contributed by atoms with van der Waals surface area (Å²) in [6.07, 6.45) is 3.02. The van der Waals surface area contributed by atoms with E-state index < -0.39 is 18.1 Å². The number of carbonyl (C=O) groups is 2. The van der Waals surface area contributed by atoms with Crippen LogP contribution in [0.5, 0.6) is 0 Å². The Hall–Kier alpha value is -3.27. The van der Waals surface area contributed by atoms with Crippen molar-refractivity contribution in [2.45, 2.75) is 24.4 Å². The zero-order valence-electron chi connectivity index (χ0n) is 18.3. The van der Waals surface area contributed by atoms with Crippen molar-refractivity contribution in [3.05, 3.63) is 99.7 Å². The minimum atomic E-state index is -0.623. The molecular weight excluding hydrogens is 468 g/mol. The van der Waals surface area contributed by atoms with Gasteiger partial charge < -0.3 is 10.5 Å². The summed E-state index contributed by atoms with van der Waals surface area (Å²) in [7, 11) is 0. The fourth-order valence-electron chi connectivity index (χ4n) is 3.98. The van der Waals surface area contributed by atoms with Gasteiger partial charge in [-0.05, 0) is 41.2 Å². The molecule has 1 unspecified atom stereocenters. The Balaban J connectivity index is 1.52. The molecule has 2 aliphatic rings. The van der Waals surface area contributed by atoms with Crippen LogP contribution in [0.2, 0.25) is 0 Å². The van der Waals surface area contributed by atoms with E-state index in [9.17, 15) is 9.59 Å². The Kier molecular flexibility index (Phi) is 6.32.